The lowest BCUT2D eigenvalue weighted by Gasteiger charge is -2.25. The molecule has 1 aromatic heterocycles. The molecular formula is C18H31N5OS. The average Bonchev–Trinajstić information content (AvgIpc) is 3.08. The van der Waals surface area contributed by atoms with Crippen LogP contribution in [0, 0.1) is 0 Å². The first-order valence-electron chi connectivity index (χ1n) is 9.27. The number of carbonyl (C=O) groups excluding carboxylic acids is 1. The molecule has 7 heteroatoms. The Morgan fingerprint density at radius 2 is 2.12 bits per heavy atom. The molecule has 140 valence electrons. The van der Waals surface area contributed by atoms with Gasteiger partial charge < -0.3 is 15.5 Å². The Labute approximate surface area is 155 Å². The second-order valence-corrected chi connectivity index (χ2v) is 7.88. The molecule has 0 bridgehead atoms. The number of likely N-dealkylation sites (N-methyl/N-ethyl adjacent to an activating group) is 1. The van der Waals surface area contributed by atoms with Gasteiger partial charge in [-0.15, -0.1) is 11.3 Å². The summed E-state index contributed by atoms with van der Waals surface area (Å²) in [6.07, 6.45) is 10.1. The number of carbonyl (C=O) groups is 1. The van der Waals surface area contributed by atoms with Crippen molar-refractivity contribution in [1.82, 2.24) is 20.5 Å². The monoisotopic (exact) mass is 365 g/mol. The van der Waals surface area contributed by atoms with Crippen molar-refractivity contribution in [3.05, 3.63) is 16.1 Å². The minimum atomic E-state index is 0.0113. The van der Waals surface area contributed by atoms with Gasteiger partial charge >= 0.3 is 0 Å². The molecule has 1 amide bonds. The van der Waals surface area contributed by atoms with Gasteiger partial charge in [-0.2, -0.15) is 0 Å². The summed E-state index contributed by atoms with van der Waals surface area (Å²) in [7, 11) is 3.51. The van der Waals surface area contributed by atoms with Crippen LogP contribution >= 0.6 is 11.3 Å². The molecule has 1 heterocycles. The SMILES string of the molecule is CCc1cnc(CCNC(=NCC(=O)N(C)C)NC2CCCCC2)s1. The number of guanidine groups is 1. The predicted molar refractivity (Wildman–Crippen MR) is 104 cm³/mol. The fourth-order valence-electron chi connectivity index (χ4n) is 2.80. The van der Waals surface area contributed by atoms with E-state index in [9.17, 15) is 4.79 Å². The molecule has 1 aliphatic carbocycles. The minimum Gasteiger partial charge on any atom is -0.356 e. The Morgan fingerprint density at radius 3 is 2.76 bits per heavy atom. The van der Waals surface area contributed by atoms with Gasteiger partial charge in [-0.25, -0.2) is 9.98 Å². The summed E-state index contributed by atoms with van der Waals surface area (Å²) in [5, 5.41) is 8.02. The second-order valence-electron chi connectivity index (χ2n) is 6.68. The predicted octanol–water partition coefficient (Wildman–Crippen LogP) is 2.20. The lowest BCUT2D eigenvalue weighted by molar-refractivity contribution is -0.127. The van der Waals surface area contributed by atoms with Crippen LogP contribution < -0.4 is 10.6 Å². The van der Waals surface area contributed by atoms with Crippen LogP contribution in [0.25, 0.3) is 0 Å². The summed E-state index contributed by atoms with van der Waals surface area (Å²) < 4.78 is 0. The molecule has 0 saturated heterocycles. The quantitative estimate of drug-likeness (QED) is 0.574. The van der Waals surface area contributed by atoms with Gasteiger partial charge in [0.1, 0.15) is 6.54 Å². The first-order valence-corrected chi connectivity index (χ1v) is 10.1. The summed E-state index contributed by atoms with van der Waals surface area (Å²) in [6, 6.07) is 0.459. The Balaban J connectivity index is 1.87. The number of hydrogen-bond donors (Lipinski definition) is 2. The van der Waals surface area contributed by atoms with Crippen LogP contribution in [-0.4, -0.2) is 55.0 Å². The van der Waals surface area contributed by atoms with Crippen molar-refractivity contribution in [2.24, 2.45) is 4.99 Å². The molecule has 0 spiro atoms. The van der Waals surface area contributed by atoms with Crippen LogP contribution in [0.3, 0.4) is 0 Å². The fourth-order valence-corrected chi connectivity index (χ4v) is 3.66. The molecule has 0 aliphatic heterocycles. The third-order valence-electron chi connectivity index (χ3n) is 4.40. The van der Waals surface area contributed by atoms with E-state index in [4.69, 9.17) is 0 Å². The van der Waals surface area contributed by atoms with E-state index in [0.717, 1.165) is 30.4 Å². The topological polar surface area (TPSA) is 69.6 Å². The second kappa shape index (κ2) is 10.4. The number of nitrogens with one attached hydrogen (secondary N) is 2. The van der Waals surface area contributed by atoms with E-state index in [-0.39, 0.29) is 12.5 Å². The van der Waals surface area contributed by atoms with E-state index in [2.05, 4.69) is 27.5 Å². The number of aliphatic imine (C=N–C) groups is 1. The molecular weight excluding hydrogens is 334 g/mol. The normalized spacial score (nSPS) is 15.9. The van der Waals surface area contributed by atoms with Gasteiger partial charge in [0.05, 0.1) is 5.01 Å². The van der Waals surface area contributed by atoms with Gasteiger partial charge in [0.25, 0.3) is 0 Å². The molecule has 0 radical (unpaired) electrons. The van der Waals surface area contributed by atoms with Gasteiger partial charge in [0, 0.05) is 44.2 Å². The van der Waals surface area contributed by atoms with Gasteiger partial charge in [-0.05, 0) is 19.3 Å². The van der Waals surface area contributed by atoms with Gasteiger partial charge in [0.2, 0.25) is 5.91 Å². The highest BCUT2D eigenvalue weighted by atomic mass is 32.1. The van der Waals surface area contributed by atoms with E-state index in [0.29, 0.717) is 6.04 Å². The van der Waals surface area contributed by atoms with Crippen molar-refractivity contribution in [1.29, 1.82) is 0 Å². The van der Waals surface area contributed by atoms with Gasteiger partial charge in [-0.1, -0.05) is 26.2 Å². The number of thiazole rings is 1. The Kier molecular flexibility index (Phi) is 8.18. The molecule has 2 rings (SSSR count). The third-order valence-corrected chi connectivity index (χ3v) is 5.60. The molecule has 1 aromatic rings. The lowest BCUT2D eigenvalue weighted by Crippen LogP contribution is -2.45. The van der Waals surface area contributed by atoms with Crippen LogP contribution in [0.5, 0.6) is 0 Å². The zero-order valence-corrected chi connectivity index (χ0v) is 16.5. The van der Waals surface area contributed by atoms with E-state index in [1.807, 2.05) is 6.20 Å². The van der Waals surface area contributed by atoms with Gasteiger partial charge in [-0.3, -0.25) is 4.79 Å². The van der Waals surface area contributed by atoms with Crippen molar-refractivity contribution >= 4 is 23.2 Å². The van der Waals surface area contributed by atoms with E-state index < -0.39 is 0 Å². The van der Waals surface area contributed by atoms with Crippen molar-refractivity contribution in [3.63, 3.8) is 0 Å². The zero-order valence-electron chi connectivity index (χ0n) is 15.7. The maximum Gasteiger partial charge on any atom is 0.243 e. The summed E-state index contributed by atoms with van der Waals surface area (Å²) in [6.45, 7) is 3.09. The van der Waals surface area contributed by atoms with Crippen LogP contribution in [-0.2, 0) is 17.6 Å². The molecule has 6 nitrogen and oxygen atoms in total. The molecule has 25 heavy (non-hydrogen) atoms. The van der Waals surface area contributed by atoms with Crippen molar-refractivity contribution in [3.8, 4) is 0 Å². The average molecular weight is 366 g/mol. The fraction of sp³-hybridized carbons (Fsp3) is 0.722. The molecule has 1 fully saturated rings. The van der Waals surface area contributed by atoms with Crippen molar-refractivity contribution in [2.75, 3.05) is 27.2 Å². The van der Waals surface area contributed by atoms with E-state index in [1.54, 1.807) is 30.3 Å². The summed E-state index contributed by atoms with van der Waals surface area (Å²) in [5.74, 6) is 0.756. The molecule has 0 aromatic carbocycles. The molecule has 0 unspecified atom stereocenters. The first kappa shape index (κ1) is 19.7. The summed E-state index contributed by atoms with van der Waals surface area (Å²) in [5.41, 5.74) is 0. The van der Waals surface area contributed by atoms with Crippen molar-refractivity contribution in [2.45, 2.75) is 57.9 Å². The smallest absolute Gasteiger partial charge is 0.243 e. The number of aromatic nitrogens is 1. The van der Waals surface area contributed by atoms with E-state index >= 15 is 0 Å². The zero-order chi connectivity index (χ0) is 18.1. The number of hydrogen-bond acceptors (Lipinski definition) is 4. The lowest BCUT2D eigenvalue weighted by atomic mass is 9.96. The summed E-state index contributed by atoms with van der Waals surface area (Å²) in [4.78, 5) is 23.7. The number of nitrogens with zero attached hydrogens (tertiary/aromatic N) is 3. The van der Waals surface area contributed by atoms with E-state index in [1.165, 1.54) is 37.0 Å². The van der Waals surface area contributed by atoms with Crippen LogP contribution in [0.15, 0.2) is 11.2 Å². The Hall–Kier alpha value is -1.63. The standard InChI is InChI=1S/C18H31N5OS/c1-4-15-12-20-16(25-15)10-11-19-18(21-13-17(24)23(2)3)22-14-8-6-5-7-9-14/h12,14H,4-11,13H2,1-3H3,(H2,19,21,22). The van der Waals surface area contributed by atoms with Crippen LogP contribution in [0.4, 0.5) is 0 Å². The number of aryl methyl sites for hydroxylation is 1. The van der Waals surface area contributed by atoms with Crippen molar-refractivity contribution < 1.29 is 4.79 Å². The third kappa shape index (κ3) is 7.02. The summed E-state index contributed by atoms with van der Waals surface area (Å²) >= 11 is 1.77. The molecule has 1 saturated carbocycles. The minimum absolute atomic E-state index is 0.0113. The first-order chi connectivity index (χ1) is 12.1. The Morgan fingerprint density at radius 1 is 1.36 bits per heavy atom. The number of amides is 1. The largest absolute Gasteiger partial charge is 0.356 e. The number of rotatable bonds is 7. The molecule has 2 N–H and O–H groups in total. The Bertz CT molecular complexity index is 564. The highest BCUT2D eigenvalue weighted by Gasteiger charge is 2.15. The van der Waals surface area contributed by atoms with Gasteiger partial charge in [0.15, 0.2) is 5.96 Å². The maximum atomic E-state index is 11.8. The molecule has 1 aliphatic rings. The molecule has 0 atom stereocenters. The van der Waals surface area contributed by atoms with Crippen LogP contribution in [0.2, 0.25) is 0 Å². The maximum absolute atomic E-state index is 11.8. The highest BCUT2D eigenvalue weighted by Crippen LogP contribution is 2.17. The highest BCUT2D eigenvalue weighted by molar-refractivity contribution is 7.11. The van der Waals surface area contributed by atoms with Crippen LogP contribution in [0.1, 0.15) is 48.9 Å².